The molecule has 6 heteroatoms. The fourth-order valence-corrected chi connectivity index (χ4v) is 2.62. The maximum Gasteiger partial charge on any atom is 0.416 e. The molecule has 3 rings (SSSR count). The van der Waals surface area contributed by atoms with E-state index in [1.165, 1.54) is 12.1 Å². The Labute approximate surface area is 142 Å². The quantitative estimate of drug-likeness (QED) is 0.745. The summed E-state index contributed by atoms with van der Waals surface area (Å²) < 4.78 is 37.9. The zero-order valence-corrected chi connectivity index (χ0v) is 13.3. The van der Waals surface area contributed by atoms with E-state index in [0.717, 1.165) is 17.5 Å². The minimum absolute atomic E-state index is 0.300. The van der Waals surface area contributed by atoms with Gasteiger partial charge in [0.05, 0.1) is 17.1 Å². The van der Waals surface area contributed by atoms with E-state index < -0.39 is 17.8 Å². The van der Waals surface area contributed by atoms with E-state index in [1.54, 1.807) is 37.4 Å². The summed E-state index contributed by atoms with van der Waals surface area (Å²) in [5.41, 5.74) is 1.07. The number of halogens is 3. The van der Waals surface area contributed by atoms with Crippen molar-refractivity contribution >= 4 is 16.8 Å². The number of fused-ring (bicyclic) bond motifs is 1. The first-order valence-electron chi connectivity index (χ1n) is 7.68. The summed E-state index contributed by atoms with van der Waals surface area (Å²) in [5.74, 6) is -0.300. The number of rotatable bonds is 3. The normalized spacial score (nSPS) is 12.8. The Balaban J connectivity index is 1.80. The van der Waals surface area contributed by atoms with Crippen LogP contribution < -0.4 is 5.32 Å². The third kappa shape index (κ3) is 3.63. The molecule has 0 saturated heterocycles. The Morgan fingerprint density at radius 3 is 2.44 bits per heavy atom. The average Bonchev–Trinajstić information content (AvgIpc) is 2.60. The van der Waals surface area contributed by atoms with E-state index in [4.69, 9.17) is 0 Å². The summed E-state index contributed by atoms with van der Waals surface area (Å²) in [6.45, 7) is 1.73. The van der Waals surface area contributed by atoms with Crippen molar-refractivity contribution in [2.24, 2.45) is 0 Å². The molecule has 128 valence electrons. The van der Waals surface area contributed by atoms with Crippen molar-refractivity contribution in [1.82, 2.24) is 10.3 Å². The number of aromatic nitrogens is 1. The molecule has 1 unspecified atom stereocenters. The standard InChI is InChI=1S/C19H15F3N2O/c1-12(13-7-9-14(10-8-13)19(20,21)22)24-18(25)16-4-2-6-17-15(16)5-3-11-23-17/h2-12H,1H3,(H,24,25). The SMILES string of the molecule is CC(NC(=O)c1cccc2ncccc12)c1ccc(C(F)(F)F)cc1. The van der Waals surface area contributed by atoms with Crippen LogP contribution in [0.25, 0.3) is 10.9 Å². The predicted molar refractivity (Wildman–Crippen MR) is 89.1 cm³/mol. The van der Waals surface area contributed by atoms with Crippen LogP contribution in [0.1, 0.15) is 34.5 Å². The smallest absolute Gasteiger partial charge is 0.345 e. The highest BCUT2D eigenvalue weighted by atomic mass is 19.4. The second-order valence-corrected chi connectivity index (χ2v) is 5.69. The van der Waals surface area contributed by atoms with Crippen LogP contribution in [0, 0.1) is 0 Å². The number of hydrogen-bond donors (Lipinski definition) is 1. The Morgan fingerprint density at radius 1 is 1.04 bits per heavy atom. The number of pyridine rings is 1. The van der Waals surface area contributed by atoms with Gasteiger partial charge in [-0.25, -0.2) is 0 Å². The van der Waals surface area contributed by atoms with E-state index in [0.29, 0.717) is 16.6 Å². The molecule has 3 nitrogen and oxygen atoms in total. The van der Waals surface area contributed by atoms with Gasteiger partial charge in [0.25, 0.3) is 5.91 Å². The molecule has 25 heavy (non-hydrogen) atoms. The molecule has 0 bridgehead atoms. The fourth-order valence-electron chi connectivity index (χ4n) is 2.62. The number of amides is 1. The van der Waals surface area contributed by atoms with E-state index in [9.17, 15) is 18.0 Å². The van der Waals surface area contributed by atoms with Crippen molar-refractivity contribution in [3.8, 4) is 0 Å². The highest BCUT2D eigenvalue weighted by molar-refractivity contribution is 6.06. The van der Waals surface area contributed by atoms with Gasteiger partial charge < -0.3 is 5.32 Å². The van der Waals surface area contributed by atoms with E-state index >= 15 is 0 Å². The van der Waals surface area contributed by atoms with Crippen molar-refractivity contribution in [1.29, 1.82) is 0 Å². The van der Waals surface area contributed by atoms with Gasteiger partial charge >= 0.3 is 6.18 Å². The summed E-state index contributed by atoms with van der Waals surface area (Å²) in [6, 6.07) is 13.1. The lowest BCUT2D eigenvalue weighted by Crippen LogP contribution is -2.26. The Morgan fingerprint density at radius 2 is 1.76 bits per heavy atom. The van der Waals surface area contributed by atoms with Crippen molar-refractivity contribution in [3.63, 3.8) is 0 Å². The summed E-state index contributed by atoms with van der Waals surface area (Å²) in [7, 11) is 0. The lowest BCUT2D eigenvalue weighted by Gasteiger charge is -2.16. The third-order valence-corrected chi connectivity index (χ3v) is 3.98. The van der Waals surface area contributed by atoms with Crippen molar-refractivity contribution in [2.45, 2.75) is 19.1 Å². The first kappa shape index (κ1) is 17.0. The Hall–Kier alpha value is -2.89. The number of nitrogens with one attached hydrogen (secondary N) is 1. The highest BCUT2D eigenvalue weighted by Crippen LogP contribution is 2.30. The average molecular weight is 344 g/mol. The van der Waals surface area contributed by atoms with Gasteiger partial charge in [0.15, 0.2) is 0 Å². The van der Waals surface area contributed by atoms with Gasteiger partial charge in [-0.15, -0.1) is 0 Å². The number of benzene rings is 2. The van der Waals surface area contributed by atoms with Crippen LogP contribution in [0.2, 0.25) is 0 Å². The molecule has 1 atom stereocenters. The van der Waals surface area contributed by atoms with Crippen LogP contribution in [0.3, 0.4) is 0 Å². The second-order valence-electron chi connectivity index (χ2n) is 5.69. The zero-order chi connectivity index (χ0) is 18.0. The lowest BCUT2D eigenvalue weighted by molar-refractivity contribution is -0.137. The first-order chi connectivity index (χ1) is 11.9. The topological polar surface area (TPSA) is 42.0 Å². The maximum absolute atomic E-state index is 12.6. The van der Waals surface area contributed by atoms with Gasteiger partial charge in [-0.1, -0.05) is 24.3 Å². The molecule has 0 aliphatic rings. The summed E-state index contributed by atoms with van der Waals surface area (Å²) >= 11 is 0. The molecule has 3 aromatic rings. The van der Waals surface area contributed by atoms with Crippen LogP contribution in [-0.4, -0.2) is 10.9 Å². The van der Waals surface area contributed by atoms with Crippen molar-refractivity contribution in [3.05, 3.63) is 77.5 Å². The molecule has 0 saturated carbocycles. The number of carbonyl (C=O) groups excluding carboxylic acids is 1. The van der Waals surface area contributed by atoms with Gasteiger partial charge in [0.1, 0.15) is 0 Å². The molecular formula is C19H15F3N2O. The molecule has 2 aromatic carbocycles. The maximum atomic E-state index is 12.6. The fraction of sp³-hybridized carbons (Fsp3) is 0.158. The lowest BCUT2D eigenvalue weighted by atomic mass is 10.0. The number of hydrogen-bond acceptors (Lipinski definition) is 2. The van der Waals surface area contributed by atoms with E-state index in [1.807, 2.05) is 6.07 Å². The van der Waals surface area contributed by atoms with Crippen LogP contribution in [0.15, 0.2) is 60.8 Å². The summed E-state index contributed by atoms with van der Waals surface area (Å²) in [6.07, 6.45) is -2.73. The Bertz CT molecular complexity index is 899. The van der Waals surface area contributed by atoms with Crippen LogP contribution in [-0.2, 0) is 6.18 Å². The highest BCUT2D eigenvalue weighted by Gasteiger charge is 2.30. The summed E-state index contributed by atoms with van der Waals surface area (Å²) in [4.78, 5) is 16.8. The summed E-state index contributed by atoms with van der Waals surface area (Å²) in [5, 5.41) is 3.54. The molecule has 0 aliphatic heterocycles. The van der Waals surface area contributed by atoms with E-state index in [-0.39, 0.29) is 5.91 Å². The minimum Gasteiger partial charge on any atom is -0.345 e. The molecule has 1 heterocycles. The molecule has 1 aromatic heterocycles. The van der Waals surface area contributed by atoms with Gasteiger partial charge in [0.2, 0.25) is 0 Å². The first-order valence-corrected chi connectivity index (χ1v) is 7.68. The minimum atomic E-state index is -4.37. The molecular weight excluding hydrogens is 329 g/mol. The van der Waals surface area contributed by atoms with Crippen molar-refractivity contribution in [2.75, 3.05) is 0 Å². The van der Waals surface area contributed by atoms with Gasteiger partial charge in [0, 0.05) is 17.1 Å². The van der Waals surface area contributed by atoms with Gasteiger partial charge in [-0.3, -0.25) is 9.78 Å². The van der Waals surface area contributed by atoms with Crippen LogP contribution >= 0.6 is 0 Å². The predicted octanol–water partition coefficient (Wildman–Crippen LogP) is 4.74. The number of alkyl halides is 3. The van der Waals surface area contributed by atoms with Crippen LogP contribution in [0.5, 0.6) is 0 Å². The number of carbonyl (C=O) groups is 1. The molecule has 0 spiro atoms. The second kappa shape index (κ2) is 6.55. The monoisotopic (exact) mass is 344 g/mol. The van der Waals surface area contributed by atoms with Gasteiger partial charge in [-0.2, -0.15) is 13.2 Å². The molecule has 1 N–H and O–H groups in total. The molecule has 1 amide bonds. The zero-order valence-electron chi connectivity index (χ0n) is 13.3. The van der Waals surface area contributed by atoms with Gasteiger partial charge in [-0.05, 0) is 42.8 Å². The van der Waals surface area contributed by atoms with E-state index in [2.05, 4.69) is 10.3 Å². The number of nitrogens with zero attached hydrogens (tertiary/aromatic N) is 1. The molecule has 0 radical (unpaired) electrons. The van der Waals surface area contributed by atoms with Crippen molar-refractivity contribution < 1.29 is 18.0 Å². The third-order valence-electron chi connectivity index (χ3n) is 3.98. The molecule has 0 fully saturated rings. The van der Waals surface area contributed by atoms with Crippen LogP contribution in [0.4, 0.5) is 13.2 Å². The largest absolute Gasteiger partial charge is 0.416 e. The Kier molecular flexibility index (Phi) is 4.44. The molecule has 0 aliphatic carbocycles.